The van der Waals surface area contributed by atoms with Crippen molar-refractivity contribution in [3.63, 3.8) is 0 Å². The number of anilines is 1. The number of carbonyl (C=O) groups excluding carboxylic acids is 1. The van der Waals surface area contributed by atoms with Crippen molar-refractivity contribution in [2.75, 3.05) is 24.5 Å². The smallest absolute Gasteiger partial charge is 0.239 e. The minimum atomic E-state index is -0.403. The Bertz CT molecular complexity index is 899. The van der Waals surface area contributed by atoms with Crippen LogP contribution in [0.4, 0.5) is 5.69 Å². The summed E-state index contributed by atoms with van der Waals surface area (Å²) in [5.41, 5.74) is 8.45. The molecule has 0 saturated carbocycles. The maximum absolute atomic E-state index is 12.9. The van der Waals surface area contributed by atoms with Gasteiger partial charge in [0.1, 0.15) is 12.4 Å². The first-order valence-corrected chi connectivity index (χ1v) is 12.9. The number of likely N-dealkylation sites (tertiary alicyclic amines) is 1. The van der Waals surface area contributed by atoms with Gasteiger partial charge in [-0.2, -0.15) is 0 Å². The Hall–Kier alpha value is -2.24. The van der Waals surface area contributed by atoms with Crippen LogP contribution in [-0.2, 0) is 11.4 Å². The van der Waals surface area contributed by atoms with E-state index in [2.05, 4.69) is 44.7 Å². The molecule has 0 spiro atoms. The molecule has 0 bridgehead atoms. The summed E-state index contributed by atoms with van der Waals surface area (Å²) in [6, 6.07) is 15.9. The molecule has 2 N–H and O–H groups in total. The second-order valence-corrected chi connectivity index (χ2v) is 10.7. The van der Waals surface area contributed by atoms with Crippen molar-refractivity contribution in [3.8, 4) is 5.75 Å². The van der Waals surface area contributed by atoms with E-state index in [0.717, 1.165) is 55.2 Å². The fourth-order valence-corrected chi connectivity index (χ4v) is 4.57. The van der Waals surface area contributed by atoms with Crippen LogP contribution in [0.1, 0.15) is 52.5 Å². The zero-order chi connectivity index (χ0) is 24.7. The number of halogens is 1. The number of carbonyl (C=O) groups is 1. The van der Waals surface area contributed by atoms with Gasteiger partial charge in [-0.1, -0.05) is 51.4 Å². The van der Waals surface area contributed by atoms with Crippen molar-refractivity contribution >= 4 is 23.2 Å². The molecule has 0 radical (unpaired) electrons. The number of hydrogen-bond acceptors (Lipinski definition) is 4. The number of nitrogens with zero attached hydrogens (tertiary/aromatic N) is 2. The van der Waals surface area contributed by atoms with Gasteiger partial charge in [-0.25, -0.2) is 0 Å². The van der Waals surface area contributed by atoms with Crippen LogP contribution < -0.4 is 15.4 Å². The molecule has 2 aromatic rings. The highest BCUT2D eigenvalue weighted by Gasteiger charge is 2.32. The number of ether oxygens (including phenoxy) is 1. The van der Waals surface area contributed by atoms with Crippen molar-refractivity contribution in [1.82, 2.24) is 4.90 Å². The molecule has 1 heterocycles. The first-order valence-electron chi connectivity index (χ1n) is 12.5. The third-order valence-electron chi connectivity index (χ3n) is 6.39. The zero-order valence-electron chi connectivity index (χ0n) is 21.0. The van der Waals surface area contributed by atoms with Crippen LogP contribution in [-0.4, -0.2) is 42.5 Å². The molecule has 1 aliphatic heterocycles. The topological polar surface area (TPSA) is 58.8 Å². The molecule has 186 valence electrons. The summed E-state index contributed by atoms with van der Waals surface area (Å²) in [4.78, 5) is 17.3. The maximum atomic E-state index is 12.9. The van der Waals surface area contributed by atoms with Gasteiger partial charge in [0, 0.05) is 36.4 Å². The standard InChI is InChI=1S/C28H40ClN3O2/c1-20(2)13-16-32(25-14-15-31(18-25)28(33)27(30)17-21(3)4)24-9-11-26(12-10-24)34-19-22-5-7-23(29)8-6-22/h5-12,20-21,25,27H,13-19,30H2,1-4H3. The van der Waals surface area contributed by atoms with Crippen molar-refractivity contribution < 1.29 is 9.53 Å². The van der Waals surface area contributed by atoms with E-state index in [9.17, 15) is 4.79 Å². The van der Waals surface area contributed by atoms with E-state index in [1.54, 1.807) is 0 Å². The van der Waals surface area contributed by atoms with Gasteiger partial charge in [0.2, 0.25) is 5.91 Å². The van der Waals surface area contributed by atoms with Gasteiger partial charge in [0.15, 0.2) is 0 Å². The van der Waals surface area contributed by atoms with Crippen LogP contribution in [0.2, 0.25) is 5.02 Å². The predicted molar refractivity (Wildman–Crippen MR) is 141 cm³/mol. The molecule has 1 fully saturated rings. The summed E-state index contributed by atoms with van der Waals surface area (Å²) in [6.07, 6.45) is 2.80. The van der Waals surface area contributed by atoms with Crippen LogP contribution in [0.25, 0.3) is 0 Å². The molecule has 5 nitrogen and oxygen atoms in total. The molecule has 2 unspecified atom stereocenters. The highest BCUT2D eigenvalue weighted by Crippen LogP contribution is 2.27. The molecule has 0 aliphatic carbocycles. The molecule has 1 amide bonds. The van der Waals surface area contributed by atoms with Crippen molar-refractivity contribution in [1.29, 1.82) is 0 Å². The molecule has 2 atom stereocenters. The summed E-state index contributed by atoms with van der Waals surface area (Å²) in [5.74, 6) is 1.96. The van der Waals surface area contributed by atoms with Crippen molar-refractivity contribution in [2.24, 2.45) is 17.6 Å². The Kier molecular flexibility index (Phi) is 9.66. The average molecular weight is 486 g/mol. The highest BCUT2D eigenvalue weighted by molar-refractivity contribution is 6.30. The summed E-state index contributed by atoms with van der Waals surface area (Å²) in [5, 5.41) is 0.726. The highest BCUT2D eigenvalue weighted by atomic mass is 35.5. The largest absolute Gasteiger partial charge is 0.489 e. The van der Waals surface area contributed by atoms with E-state index >= 15 is 0 Å². The van der Waals surface area contributed by atoms with Gasteiger partial charge in [-0.3, -0.25) is 4.79 Å². The lowest BCUT2D eigenvalue weighted by atomic mass is 10.0. The van der Waals surface area contributed by atoms with E-state index in [1.165, 1.54) is 5.69 Å². The van der Waals surface area contributed by atoms with Gasteiger partial charge in [-0.05, 0) is 73.1 Å². The van der Waals surface area contributed by atoms with Gasteiger partial charge >= 0.3 is 0 Å². The first-order chi connectivity index (χ1) is 16.2. The number of rotatable bonds is 11. The minimum Gasteiger partial charge on any atom is -0.489 e. The fourth-order valence-electron chi connectivity index (χ4n) is 4.44. The lowest BCUT2D eigenvalue weighted by Gasteiger charge is -2.32. The van der Waals surface area contributed by atoms with Crippen molar-refractivity contribution in [2.45, 2.75) is 65.6 Å². The lowest BCUT2D eigenvalue weighted by Crippen LogP contribution is -2.45. The number of benzene rings is 2. The summed E-state index contributed by atoms with van der Waals surface area (Å²) in [7, 11) is 0. The molecule has 6 heteroatoms. The van der Waals surface area contributed by atoms with E-state index < -0.39 is 6.04 Å². The molecule has 0 aromatic heterocycles. The molecule has 2 aromatic carbocycles. The molecule has 34 heavy (non-hydrogen) atoms. The first kappa shape index (κ1) is 26.4. The number of nitrogens with two attached hydrogens (primary N) is 1. The Balaban J connectivity index is 1.64. The third-order valence-corrected chi connectivity index (χ3v) is 6.64. The Morgan fingerprint density at radius 2 is 1.76 bits per heavy atom. The van der Waals surface area contributed by atoms with Crippen LogP contribution in [0.15, 0.2) is 48.5 Å². The number of amides is 1. The van der Waals surface area contributed by atoms with E-state index in [0.29, 0.717) is 24.5 Å². The van der Waals surface area contributed by atoms with Crippen LogP contribution in [0.3, 0.4) is 0 Å². The Morgan fingerprint density at radius 3 is 2.38 bits per heavy atom. The van der Waals surface area contributed by atoms with E-state index in [4.69, 9.17) is 22.1 Å². The fraction of sp³-hybridized carbons (Fsp3) is 0.536. The molecule has 1 saturated heterocycles. The van der Waals surface area contributed by atoms with Gasteiger partial charge in [0.25, 0.3) is 0 Å². The normalized spacial score (nSPS) is 16.8. The summed E-state index contributed by atoms with van der Waals surface area (Å²) in [6.45, 7) is 11.7. The minimum absolute atomic E-state index is 0.0888. The van der Waals surface area contributed by atoms with Crippen LogP contribution in [0, 0.1) is 11.8 Å². The van der Waals surface area contributed by atoms with Crippen LogP contribution >= 0.6 is 11.6 Å². The quantitative estimate of drug-likeness (QED) is 0.440. The van der Waals surface area contributed by atoms with E-state index in [-0.39, 0.29) is 5.91 Å². The Morgan fingerprint density at radius 1 is 1.09 bits per heavy atom. The van der Waals surface area contributed by atoms with Crippen molar-refractivity contribution in [3.05, 3.63) is 59.1 Å². The predicted octanol–water partition coefficient (Wildman–Crippen LogP) is 5.75. The summed E-state index contributed by atoms with van der Waals surface area (Å²) >= 11 is 5.96. The third kappa shape index (κ3) is 7.64. The maximum Gasteiger partial charge on any atom is 0.239 e. The molecular weight excluding hydrogens is 446 g/mol. The second-order valence-electron chi connectivity index (χ2n) is 10.2. The van der Waals surface area contributed by atoms with Gasteiger partial charge in [-0.15, -0.1) is 0 Å². The van der Waals surface area contributed by atoms with Crippen LogP contribution in [0.5, 0.6) is 5.75 Å². The second kappa shape index (κ2) is 12.5. The van der Waals surface area contributed by atoms with E-state index in [1.807, 2.05) is 41.3 Å². The SMILES string of the molecule is CC(C)CCN(c1ccc(OCc2ccc(Cl)cc2)cc1)C1CCN(C(=O)C(N)CC(C)C)C1. The number of hydrogen-bond donors (Lipinski definition) is 1. The Labute approximate surface area is 210 Å². The average Bonchev–Trinajstić information content (AvgIpc) is 3.28. The zero-order valence-corrected chi connectivity index (χ0v) is 21.8. The van der Waals surface area contributed by atoms with Gasteiger partial charge < -0.3 is 20.3 Å². The summed E-state index contributed by atoms with van der Waals surface area (Å²) < 4.78 is 5.97. The lowest BCUT2D eigenvalue weighted by molar-refractivity contribution is -0.131. The molecule has 1 aliphatic rings. The van der Waals surface area contributed by atoms with Gasteiger partial charge in [0.05, 0.1) is 6.04 Å². The molecular formula is C28H40ClN3O2. The molecule has 3 rings (SSSR count). The monoisotopic (exact) mass is 485 g/mol.